The van der Waals surface area contributed by atoms with Crippen molar-refractivity contribution in [2.45, 2.75) is 18.0 Å². The van der Waals surface area contributed by atoms with Crippen molar-refractivity contribution in [3.05, 3.63) is 41.7 Å². The van der Waals surface area contributed by atoms with Crippen LogP contribution in [0.2, 0.25) is 0 Å². The maximum atomic E-state index is 11.8. The lowest BCUT2D eigenvalue weighted by Gasteiger charge is -2.05. The molecule has 0 bridgehead atoms. The Bertz CT molecular complexity index is 616. The summed E-state index contributed by atoms with van der Waals surface area (Å²) in [7, 11) is 3.58. The average Bonchev–Trinajstić information content (AvgIpc) is 2.91. The van der Waals surface area contributed by atoms with Crippen LogP contribution in [0, 0.1) is 0 Å². The van der Waals surface area contributed by atoms with E-state index in [0.717, 1.165) is 23.8 Å². The third kappa shape index (κ3) is 5.69. The molecule has 124 valence electrons. The van der Waals surface area contributed by atoms with Gasteiger partial charge in [0.1, 0.15) is 5.82 Å². The maximum Gasteiger partial charge on any atom is 0.230 e. The number of hydrogen-bond acceptors (Lipinski definition) is 5. The molecular weight excluding hydrogens is 312 g/mol. The fraction of sp³-hybridized carbons (Fsp3) is 0.438. The molecule has 0 saturated carbocycles. The number of nitrogens with zero attached hydrogens (tertiary/aromatic N) is 3. The van der Waals surface area contributed by atoms with E-state index in [-0.39, 0.29) is 5.91 Å². The molecule has 2 rings (SSSR count). The highest BCUT2D eigenvalue weighted by Crippen LogP contribution is 2.17. The second-order valence-corrected chi connectivity index (χ2v) is 6.05. The minimum atomic E-state index is -0.00119. The fourth-order valence-electron chi connectivity index (χ4n) is 2.03. The number of nitrogens with one attached hydrogen (secondary N) is 1. The summed E-state index contributed by atoms with van der Waals surface area (Å²) in [6.07, 6.45) is 1.55. The van der Waals surface area contributed by atoms with Gasteiger partial charge >= 0.3 is 0 Å². The van der Waals surface area contributed by atoms with E-state index in [9.17, 15) is 4.79 Å². The van der Waals surface area contributed by atoms with E-state index in [2.05, 4.69) is 27.6 Å². The molecule has 7 heteroatoms. The van der Waals surface area contributed by atoms with E-state index in [0.29, 0.717) is 18.9 Å². The quantitative estimate of drug-likeness (QED) is 0.558. The first-order valence-electron chi connectivity index (χ1n) is 7.51. The molecule has 0 spiro atoms. The Hall–Kier alpha value is -1.86. The van der Waals surface area contributed by atoms with Gasteiger partial charge in [-0.15, -0.1) is 10.2 Å². The molecule has 0 radical (unpaired) electrons. The zero-order valence-corrected chi connectivity index (χ0v) is 14.3. The molecule has 0 unspecified atom stereocenters. The van der Waals surface area contributed by atoms with Gasteiger partial charge in [-0.3, -0.25) is 4.79 Å². The highest BCUT2D eigenvalue weighted by molar-refractivity contribution is 7.99. The van der Waals surface area contributed by atoms with Crippen molar-refractivity contribution in [1.82, 2.24) is 20.1 Å². The van der Waals surface area contributed by atoms with Crippen LogP contribution in [0.15, 0.2) is 35.5 Å². The number of ether oxygens (including phenoxy) is 1. The highest BCUT2D eigenvalue weighted by Gasteiger charge is 2.11. The molecule has 0 fully saturated rings. The minimum Gasteiger partial charge on any atom is -0.385 e. The van der Waals surface area contributed by atoms with Gasteiger partial charge in [0.25, 0.3) is 0 Å². The summed E-state index contributed by atoms with van der Waals surface area (Å²) in [6, 6.07) is 10.1. The Morgan fingerprint density at radius 1 is 1.30 bits per heavy atom. The molecule has 0 atom stereocenters. The van der Waals surface area contributed by atoms with E-state index in [1.165, 1.54) is 17.3 Å². The van der Waals surface area contributed by atoms with Crippen molar-refractivity contribution in [3.8, 4) is 0 Å². The first-order chi connectivity index (χ1) is 11.2. The lowest BCUT2D eigenvalue weighted by Crippen LogP contribution is -2.26. The molecule has 0 aliphatic rings. The van der Waals surface area contributed by atoms with Gasteiger partial charge in [-0.05, 0) is 12.0 Å². The molecular formula is C16H22N4O2S. The van der Waals surface area contributed by atoms with Crippen LogP contribution < -0.4 is 5.32 Å². The van der Waals surface area contributed by atoms with Crippen LogP contribution in [0.5, 0.6) is 0 Å². The van der Waals surface area contributed by atoms with Gasteiger partial charge in [-0.1, -0.05) is 42.1 Å². The van der Waals surface area contributed by atoms with Gasteiger partial charge < -0.3 is 14.6 Å². The number of thioether (sulfide) groups is 1. The molecule has 1 heterocycles. The van der Waals surface area contributed by atoms with Gasteiger partial charge in [0, 0.05) is 33.7 Å². The largest absolute Gasteiger partial charge is 0.385 e. The smallest absolute Gasteiger partial charge is 0.230 e. The number of benzene rings is 1. The number of aromatic nitrogens is 3. The second-order valence-electron chi connectivity index (χ2n) is 5.11. The molecule has 0 aliphatic carbocycles. The maximum absolute atomic E-state index is 11.8. The number of carbonyl (C=O) groups is 1. The Morgan fingerprint density at radius 2 is 2.09 bits per heavy atom. The molecule has 1 aromatic carbocycles. The monoisotopic (exact) mass is 334 g/mol. The number of methoxy groups -OCH3 is 1. The van der Waals surface area contributed by atoms with Crippen molar-refractivity contribution in [2.75, 3.05) is 26.0 Å². The van der Waals surface area contributed by atoms with Gasteiger partial charge in [-0.2, -0.15) is 0 Å². The van der Waals surface area contributed by atoms with E-state index < -0.39 is 0 Å². The molecule has 0 aliphatic heterocycles. The SMILES string of the molecule is COCCCNC(=O)CSc1nnc(Cc2ccccc2)n1C. The van der Waals surface area contributed by atoms with Crippen LogP contribution >= 0.6 is 11.8 Å². The third-order valence-corrected chi connectivity index (χ3v) is 4.33. The minimum absolute atomic E-state index is 0.00119. The van der Waals surface area contributed by atoms with Crippen molar-refractivity contribution in [2.24, 2.45) is 7.05 Å². The average molecular weight is 334 g/mol. The molecule has 1 amide bonds. The summed E-state index contributed by atoms with van der Waals surface area (Å²) < 4.78 is 6.88. The Labute approximate surface area is 140 Å². The number of amides is 1. The molecule has 1 aromatic heterocycles. The van der Waals surface area contributed by atoms with Gasteiger partial charge in [0.2, 0.25) is 5.91 Å². The van der Waals surface area contributed by atoms with Crippen LogP contribution in [0.25, 0.3) is 0 Å². The van der Waals surface area contributed by atoms with Crippen LogP contribution in [0.1, 0.15) is 17.8 Å². The fourth-order valence-corrected chi connectivity index (χ4v) is 2.79. The van der Waals surface area contributed by atoms with Crippen LogP contribution in [-0.2, 0) is 23.0 Å². The summed E-state index contributed by atoms with van der Waals surface area (Å²) in [6.45, 7) is 1.28. The van der Waals surface area contributed by atoms with E-state index in [1.54, 1.807) is 7.11 Å². The van der Waals surface area contributed by atoms with Crippen LogP contribution in [-0.4, -0.2) is 46.7 Å². The molecule has 23 heavy (non-hydrogen) atoms. The number of carbonyl (C=O) groups excluding carboxylic acids is 1. The van der Waals surface area contributed by atoms with Gasteiger partial charge in [-0.25, -0.2) is 0 Å². The molecule has 6 nitrogen and oxygen atoms in total. The molecule has 1 N–H and O–H groups in total. The van der Waals surface area contributed by atoms with E-state index >= 15 is 0 Å². The normalized spacial score (nSPS) is 10.7. The molecule has 2 aromatic rings. The summed E-state index contributed by atoms with van der Waals surface area (Å²) in [5, 5.41) is 12.0. The second kappa shape index (κ2) is 9.32. The summed E-state index contributed by atoms with van der Waals surface area (Å²) in [5.41, 5.74) is 1.19. The van der Waals surface area contributed by atoms with E-state index in [1.807, 2.05) is 29.8 Å². The summed E-state index contributed by atoms with van der Waals surface area (Å²) in [4.78, 5) is 11.8. The topological polar surface area (TPSA) is 69.0 Å². The predicted octanol–water partition coefficient (Wildman–Crippen LogP) is 1.65. The number of hydrogen-bond donors (Lipinski definition) is 1. The van der Waals surface area contributed by atoms with Crippen molar-refractivity contribution >= 4 is 17.7 Å². The lowest BCUT2D eigenvalue weighted by atomic mass is 10.1. The first-order valence-corrected chi connectivity index (χ1v) is 8.50. The third-order valence-electron chi connectivity index (χ3n) is 3.31. The van der Waals surface area contributed by atoms with Crippen LogP contribution in [0.4, 0.5) is 0 Å². The Kier molecular flexibility index (Phi) is 7.09. The number of rotatable bonds is 9. The van der Waals surface area contributed by atoms with Crippen molar-refractivity contribution in [1.29, 1.82) is 0 Å². The van der Waals surface area contributed by atoms with Crippen molar-refractivity contribution < 1.29 is 9.53 Å². The Morgan fingerprint density at radius 3 is 2.83 bits per heavy atom. The van der Waals surface area contributed by atoms with Crippen molar-refractivity contribution in [3.63, 3.8) is 0 Å². The van der Waals surface area contributed by atoms with Crippen LogP contribution in [0.3, 0.4) is 0 Å². The van der Waals surface area contributed by atoms with E-state index in [4.69, 9.17) is 4.74 Å². The lowest BCUT2D eigenvalue weighted by molar-refractivity contribution is -0.118. The zero-order valence-electron chi connectivity index (χ0n) is 13.5. The van der Waals surface area contributed by atoms with Gasteiger partial charge in [0.15, 0.2) is 5.16 Å². The summed E-state index contributed by atoms with van der Waals surface area (Å²) >= 11 is 1.40. The first kappa shape index (κ1) is 17.5. The standard InChI is InChI=1S/C16H22N4O2S/c1-20-14(11-13-7-4-3-5-8-13)18-19-16(20)23-12-15(21)17-9-6-10-22-2/h3-5,7-8H,6,9-12H2,1-2H3,(H,17,21). The zero-order chi connectivity index (χ0) is 16.5. The van der Waals surface area contributed by atoms with Gasteiger partial charge in [0.05, 0.1) is 5.75 Å². The Balaban J connectivity index is 1.81. The summed E-state index contributed by atoms with van der Waals surface area (Å²) in [5.74, 6) is 1.22. The highest BCUT2D eigenvalue weighted by atomic mass is 32.2. The molecule has 0 saturated heterocycles. The predicted molar refractivity (Wildman–Crippen MR) is 90.5 cm³/mol.